The van der Waals surface area contributed by atoms with Crippen molar-refractivity contribution in [3.63, 3.8) is 0 Å². The van der Waals surface area contributed by atoms with Gasteiger partial charge in [0.2, 0.25) is 0 Å². The molecule has 4 aromatic rings. The summed E-state index contributed by atoms with van der Waals surface area (Å²) in [5.41, 5.74) is 2.75. The second-order valence-electron chi connectivity index (χ2n) is 8.05. The number of benzene rings is 3. The van der Waals surface area contributed by atoms with Crippen LogP contribution in [-0.4, -0.2) is 25.9 Å². The van der Waals surface area contributed by atoms with E-state index < -0.39 is 10.0 Å². The van der Waals surface area contributed by atoms with Crippen LogP contribution in [0.1, 0.15) is 41.9 Å². The van der Waals surface area contributed by atoms with Gasteiger partial charge >= 0.3 is 0 Å². The Kier molecular flexibility index (Phi) is 5.70. The molecule has 1 fully saturated rings. The summed E-state index contributed by atoms with van der Waals surface area (Å²) in [6.07, 6.45) is 2.20. The first-order valence-corrected chi connectivity index (χ1v) is 12.5. The van der Waals surface area contributed by atoms with Crippen molar-refractivity contribution in [1.29, 1.82) is 0 Å². The van der Waals surface area contributed by atoms with Gasteiger partial charge in [-0.15, -0.1) is 0 Å². The Bertz CT molecular complexity index is 1440. The van der Waals surface area contributed by atoms with Crippen LogP contribution in [0, 0.1) is 0 Å². The number of oxazole rings is 1. The summed E-state index contributed by atoms with van der Waals surface area (Å²) < 4.78 is 38.9. The third-order valence-electron chi connectivity index (χ3n) is 5.43. The van der Waals surface area contributed by atoms with Gasteiger partial charge in [0, 0.05) is 22.9 Å². The molecule has 1 aliphatic carbocycles. The molecule has 2 N–H and O–H groups in total. The highest BCUT2D eigenvalue weighted by atomic mass is 32.2. The third kappa shape index (κ3) is 4.74. The first-order chi connectivity index (χ1) is 16.4. The maximum absolute atomic E-state index is 12.7. The Balaban J connectivity index is 1.25. The number of hydrogen-bond donors (Lipinski definition) is 2. The first kappa shape index (κ1) is 22.0. The number of rotatable bonds is 8. The number of hydrogen-bond acceptors (Lipinski definition) is 6. The highest BCUT2D eigenvalue weighted by molar-refractivity contribution is 7.92. The van der Waals surface area contributed by atoms with Crippen molar-refractivity contribution in [3.8, 4) is 5.75 Å². The maximum atomic E-state index is 12.7. The highest BCUT2D eigenvalue weighted by Gasteiger charge is 2.29. The molecule has 1 saturated carbocycles. The van der Waals surface area contributed by atoms with Gasteiger partial charge in [-0.3, -0.25) is 9.52 Å². The normalized spacial score (nSPS) is 13.6. The summed E-state index contributed by atoms with van der Waals surface area (Å²) in [6, 6.07) is 17.7. The van der Waals surface area contributed by atoms with E-state index in [0.717, 1.165) is 18.7 Å². The van der Waals surface area contributed by atoms with E-state index in [4.69, 9.17) is 9.15 Å². The van der Waals surface area contributed by atoms with Crippen LogP contribution in [0.3, 0.4) is 0 Å². The summed E-state index contributed by atoms with van der Waals surface area (Å²) in [4.78, 5) is 17.3. The molecule has 174 valence electrons. The van der Waals surface area contributed by atoms with Crippen molar-refractivity contribution in [2.24, 2.45) is 0 Å². The molecular weight excluding hydrogens is 454 g/mol. The quantitative estimate of drug-likeness (QED) is 0.363. The lowest BCUT2D eigenvalue weighted by molar-refractivity contribution is 0.102. The van der Waals surface area contributed by atoms with Crippen molar-refractivity contribution in [2.75, 3.05) is 16.6 Å². The van der Waals surface area contributed by atoms with Crippen molar-refractivity contribution in [3.05, 3.63) is 78.2 Å². The number of nitrogens with zero attached hydrogens (tertiary/aromatic N) is 1. The second-order valence-corrected chi connectivity index (χ2v) is 9.73. The van der Waals surface area contributed by atoms with Crippen LogP contribution in [0.5, 0.6) is 5.75 Å². The van der Waals surface area contributed by atoms with Crippen molar-refractivity contribution in [1.82, 2.24) is 4.98 Å². The number of carbonyl (C=O) groups excluding carboxylic acids is 1. The highest BCUT2D eigenvalue weighted by Crippen LogP contribution is 2.40. The van der Waals surface area contributed by atoms with Gasteiger partial charge < -0.3 is 14.5 Å². The Hall–Kier alpha value is -3.85. The molecule has 3 aromatic carbocycles. The van der Waals surface area contributed by atoms with E-state index in [9.17, 15) is 13.2 Å². The Morgan fingerprint density at radius 1 is 1.03 bits per heavy atom. The Morgan fingerprint density at radius 2 is 1.74 bits per heavy atom. The van der Waals surface area contributed by atoms with Crippen LogP contribution in [0.25, 0.3) is 11.1 Å². The predicted octanol–water partition coefficient (Wildman–Crippen LogP) is 5.16. The molecule has 0 spiro atoms. The van der Waals surface area contributed by atoms with Crippen molar-refractivity contribution < 1.29 is 22.4 Å². The minimum absolute atomic E-state index is 0.117. The monoisotopic (exact) mass is 477 g/mol. The molecule has 0 saturated heterocycles. The zero-order valence-electron chi connectivity index (χ0n) is 18.4. The molecular formula is C25H23N3O5S. The largest absolute Gasteiger partial charge is 0.494 e. The molecule has 0 atom stereocenters. The van der Waals surface area contributed by atoms with E-state index in [0.29, 0.717) is 46.3 Å². The van der Waals surface area contributed by atoms with E-state index in [1.165, 1.54) is 12.1 Å². The molecule has 0 bridgehead atoms. The summed E-state index contributed by atoms with van der Waals surface area (Å²) in [5, 5.41) is 2.84. The van der Waals surface area contributed by atoms with Gasteiger partial charge in [-0.2, -0.15) is 0 Å². The lowest BCUT2D eigenvalue weighted by Gasteiger charge is -2.10. The van der Waals surface area contributed by atoms with Gasteiger partial charge in [-0.1, -0.05) is 0 Å². The fourth-order valence-corrected chi connectivity index (χ4v) is 4.58. The minimum Gasteiger partial charge on any atom is -0.494 e. The topological polar surface area (TPSA) is 111 Å². The number of aromatic nitrogens is 1. The number of carbonyl (C=O) groups is 1. The molecule has 0 radical (unpaired) electrons. The standard InChI is InChI=1S/C25H23N3O5S/c1-2-32-20-10-12-21(13-11-20)34(30,31)28-18-7-5-16(6-8-18)24(29)26-19-9-14-23-22(15-19)27-25(33-23)17-3-4-17/h5-15,17,28H,2-4H2,1H3,(H,26,29). The van der Waals surface area contributed by atoms with Gasteiger partial charge in [0.05, 0.1) is 11.5 Å². The summed E-state index contributed by atoms with van der Waals surface area (Å²) in [6.45, 7) is 2.36. The molecule has 5 rings (SSSR count). The lowest BCUT2D eigenvalue weighted by Crippen LogP contribution is -2.14. The van der Waals surface area contributed by atoms with Gasteiger partial charge in [0.25, 0.3) is 15.9 Å². The SMILES string of the molecule is CCOc1ccc(S(=O)(=O)Nc2ccc(C(=O)Nc3ccc4oc(C5CC5)nc4c3)cc2)cc1. The number of ether oxygens (including phenoxy) is 1. The van der Waals surface area contributed by atoms with Crippen molar-refractivity contribution >= 4 is 38.4 Å². The Labute approximate surface area is 197 Å². The number of fused-ring (bicyclic) bond motifs is 1. The maximum Gasteiger partial charge on any atom is 0.261 e. The number of sulfonamides is 1. The molecule has 1 amide bonds. The molecule has 9 heteroatoms. The molecule has 0 aliphatic heterocycles. The second kappa shape index (κ2) is 8.83. The predicted molar refractivity (Wildman–Crippen MR) is 129 cm³/mol. The van der Waals surface area contributed by atoms with Crippen LogP contribution in [-0.2, 0) is 10.0 Å². The van der Waals surface area contributed by atoms with Crippen molar-refractivity contribution in [2.45, 2.75) is 30.6 Å². The molecule has 1 aromatic heterocycles. The van der Waals surface area contributed by atoms with E-state index in [1.807, 2.05) is 6.92 Å². The minimum atomic E-state index is -3.77. The first-order valence-electron chi connectivity index (χ1n) is 11.0. The summed E-state index contributed by atoms with van der Waals surface area (Å²) >= 11 is 0. The zero-order chi connectivity index (χ0) is 23.7. The van der Waals surface area contributed by atoms with E-state index in [-0.39, 0.29) is 10.8 Å². The van der Waals surface area contributed by atoms with Gasteiger partial charge in [-0.05, 0) is 86.5 Å². The number of amides is 1. The number of anilines is 2. The fraction of sp³-hybridized carbons (Fsp3) is 0.200. The summed E-state index contributed by atoms with van der Waals surface area (Å²) in [5.74, 6) is 1.45. The van der Waals surface area contributed by atoms with E-state index >= 15 is 0 Å². The van der Waals surface area contributed by atoms with E-state index in [1.54, 1.807) is 54.6 Å². The average Bonchev–Trinajstić information content (AvgIpc) is 3.59. The van der Waals surface area contributed by atoms with Crippen LogP contribution in [0.4, 0.5) is 11.4 Å². The zero-order valence-corrected chi connectivity index (χ0v) is 19.3. The summed E-state index contributed by atoms with van der Waals surface area (Å²) in [7, 11) is -3.77. The average molecular weight is 478 g/mol. The van der Waals surface area contributed by atoms with Crippen LogP contribution in [0.2, 0.25) is 0 Å². The third-order valence-corrected chi connectivity index (χ3v) is 6.83. The molecule has 0 unspecified atom stereocenters. The van der Waals surface area contributed by atoms with Gasteiger partial charge in [0.1, 0.15) is 11.3 Å². The molecule has 1 heterocycles. The molecule has 34 heavy (non-hydrogen) atoms. The smallest absolute Gasteiger partial charge is 0.261 e. The van der Waals surface area contributed by atoms with Crippen LogP contribution >= 0.6 is 0 Å². The van der Waals surface area contributed by atoms with Crippen LogP contribution < -0.4 is 14.8 Å². The fourth-order valence-electron chi connectivity index (χ4n) is 3.52. The van der Waals surface area contributed by atoms with Crippen LogP contribution in [0.15, 0.2) is 76.0 Å². The molecule has 1 aliphatic rings. The van der Waals surface area contributed by atoms with Gasteiger partial charge in [0.15, 0.2) is 11.5 Å². The van der Waals surface area contributed by atoms with Gasteiger partial charge in [-0.25, -0.2) is 13.4 Å². The number of nitrogens with one attached hydrogen (secondary N) is 2. The Morgan fingerprint density at radius 3 is 2.41 bits per heavy atom. The van der Waals surface area contributed by atoms with E-state index in [2.05, 4.69) is 15.0 Å². The molecule has 8 nitrogen and oxygen atoms in total. The lowest BCUT2D eigenvalue weighted by atomic mass is 10.2.